The molecule has 0 saturated carbocycles. The van der Waals surface area contributed by atoms with Gasteiger partial charge in [-0.3, -0.25) is 9.79 Å². The van der Waals surface area contributed by atoms with Gasteiger partial charge in [-0.25, -0.2) is 0 Å². The monoisotopic (exact) mass is 453 g/mol. The first kappa shape index (κ1) is 21.4. The van der Waals surface area contributed by atoms with Gasteiger partial charge in [0.15, 0.2) is 17.3 Å². The highest BCUT2D eigenvalue weighted by atomic mass is 79.9. The fraction of sp³-hybridized carbons (Fsp3) is 0.300. The predicted octanol–water partition coefficient (Wildman–Crippen LogP) is 4.89. The average Bonchev–Trinajstić information content (AvgIpc) is 2.64. The predicted molar refractivity (Wildman–Crippen MR) is 111 cm³/mol. The molecular weight excluding hydrogens is 434 g/mol. The number of ketones is 1. The Bertz CT molecular complexity index is 808. The zero-order valence-corrected chi connectivity index (χ0v) is 17.7. The molecule has 2 aromatic rings. The van der Waals surface area contributed by atoms with Crippen LogP contribution in [0.3, 0.4) is 0 Å². The van der Waals surface area contributed by atoms with Crippen molar-refractivity contribution < 1.29 is 19.0 Å². The summed E-state index contributed by atoms with van der Waals surface area (Å²) in [5, 5.41) is 0.606. The summed E-state index contributed by atoms with van der Waals surface area (Å²) in [6, 6.07) is 10.7. The lowest BCUT2D eigenvalue weighted by molar-refractivity contribution is -0.127. The fourth-order valence-electron chi connectivity index (χ4n) is 2.54. The number of methoxy groups -OCH3 is 2. The number of ether oxygens (including phenoxy) is 3. The van der Waals surface area contributed by atoms with Crippen molar-refractivity contribution in [2.75, 3.05) is 27.4 Å². The number of benzene rings is 2. The summed E-state index contributed by atoms with van der Waals surface area (Å²) in [6.07, 6.45) is 0.945. The first-order chi connectivity index (χ1) is 13.0. The molecule has 7 heteroatoms. The summed E-state index contributed by atoms with van der Waals surface area (Å²) in [4.78, 5) is 16.7. The lowest BCUT2D eigenvalue weighted by Crippen LogP contribution is -2.17. The van der Waals surface area contributed by atoms with E-state index < -0.39 is 6.10 Å². The Morgan fingerprint density at radius 1 is 1.26 bits per heavy atom. The van der Waals surface area contributed by atoms with Gasteiger partial charge in [0.1, 0.15) is 12.6 Å². The molecule has 1 unspecified atom stereocenters. The Balaban J connectivity index is 2.11. The highest BCUT2D eigenvalue weighted by molar-refractivity contribution is 9.10. The number of hydrogen-bond donors (Lipinski definition) is 0. The van der Waals surface area contributed by atoms with Crippen LogP contribution in [0.5, 0.6) is 11.5 Å². The minimum Gasteiger partial charge on any atom is -0.492 e. The molecule has 0 aromatic heterocycles. The van der Waals surface area contributed by atoms with Crippen LogP contribution >= 0.6 is 27.5 Å². The van der Waals surface area contributed by atoms with Crippen molar-refractivity contribution in [1.29, 1.82) is 0 Å². The summed E-state index contributed by atoms with van der Waals surface area (Å²) in [5.74, 6) is 1.08. The lowest BCUT2D eigenvalue weighted by Gasteiger charge is -2.13. The summed E-state index contributed by atoms with van der Waals surface area (Å²) in [5.41, 5.74) is 1.53. The first-order valence-corrected chi connectivity index (χ1v) is 9.48. The third kappa shape index (κ3) is 5.79. The minimum absolute atomic E-state index is 0.00521. The van der Waals surface area contributed by atoms with Crippen molar-refractivity contribution in [1.82, 2.24) is 0 Å². The highest BCUT2D eigenvalue weighted by Crippen LogP contribution is 2.36. The van der Waals surface area contributed by atoms with Crippen molar-refractivity contribution in [3.8, 4) is 11.5 Å². The molecule has 0 N–H and O–H groups in total. The second kappa shape index (κ2) is 10.4. The molecule has 0 amide bonds. The maximum atomic E-state index is 12.5. The molecule has 0 saturated heterocycles. The second-order valence-corrected chi connectivity index (χ2v) is 6.86. The Kier molecular flexibility index (Phi) is 8.28. The number of hydrogen-bond acceptors (Lipinski definition) is 5. The van der Waals surface area contributed by atoms with Crippen molar-refractivity contribution in [3.05, 3.63) is 57.0 Å². The van der Waals surface area contributed by atoms with Gasteiger partial charge in [-0.2, -0.15) is 0 Å². The van der Waals surface area contributed by atoms with Crippen LogP contribution < -0.4 is 9.47 Å². The van der Waals surface area contributed by atoms with Crippen LogP contribution in [0.4, 0.5) is 0 Å². The standard InChI is InChI=1S/C20H21BrClNO4/c1-4-27-18-10-13(9-16(21)20(18)26-3)11-23-12-17(24)19(25-2)14-5-7-15(22)8-6-14/h5-11,19H,4,12H2,1-3H3. The van der Waals surface area contributed by atoms with E-state index in [9.17, 15) is 4.79 Å². The van der Waals surface area contributed by atoms with E-state index in [1.807, 2.05) is 19.1 Å². The molecule has 0 bridgehead atoms. The second-order valence-electron chi connectivity index (χ2n) is 5.57. The van der Waals surface area contributed by atoms with Gasteiger partial charge in [-0.05, 0) is 58.2 Å². The van der Waals surface area contributed by atoms with Gasteiger partial charge >= 0.3 is 0 Å². The van der Waals surface area contributed by atoms with E-state index >= 15 is 0 Å². The van der Waals surface area contributed by atoms with Crippen LogP contribution in [0.15, 0.2) is 45.9 Å². The number of nitrogens with zero attached hydrogens (tertiary/aromatic N) is 1. The zero-order chi connectivity index (χ0) is 19.8. The van der Waals surface area contributed by atoms with E-state index in [2.05, 4.69) is 20.9 Å². The molecule has 27 heavy (non-hydrogen) atoms. The Morgan fingerprint density at radius 2 is 1.96 bits per heavy atom. The highest BCUT2D eigenvalue weighted by Gasteiger charge is 2.19. The largest absolute Gasteiger partial charge is 0.492 e. The van der Waals surface area contributed by atoms with Crippen LogP contribution in [0, 0.1) is 0 Å². The van der Waals surface area contributed by atoms with Gasteiger partial charge in [0.05, 0.1) is 18.2 Å². The van der Waals surface area contributed by atoms with Crippen molar-refractivity contribution in [2.24, 2.45) is 4.99 Å². The van der Waals surface area contributed by atoms with E-state index in [1.54, 1.807) is 37.6 Å². The van der Waals surface area contributed by atoms with Crippen molar-refractivity contribution in [2.45, 2.75) is 13.0 Å². The van der Waals surface area contributed by atoms with Gasteiger partial charge in [0, 0.05) is 18.3 Å². The fourth-order valence-corrected chi connectivity index (χ4v) is 3.29. The molecule has 0 aliphatic heterocycles. The Morgan fingerprint density at radius 3 is 2.56 bits per heavy atom. The smallest absolute Gasteiger partial charge is 0.187 e. The molecule has 144 valence electrons. The SMILES string of the molecule is CCOc1cc(C=NCC(=O)C(OC)c2ccc(Cl)cc2)cc(Br)c1OC. The number of aliphatic imine (C=N–C) groups is 1. The maximum Gasteiger partial charge on any atom is 0.187 e. The number of carbonyl (C=O) groups excluding carboxylic acids is 1. The molecule has 0 aliphatic rings. The third-order valence-corrected chi connectivity index (χ3v) is 4.57. The Hall–Kier alpha value is -1.89. The minimum atomic E-state index is -0.680. The lowest BCUT2D eigenvalue weighted by atomic mass is 10.1. The molecule has 2 aromatic carbocycles. The molecule has 0 aliphatic carbocycles. The maximum absolute atomic E-state index is 12.5. The summed E-state index contributed by atoms with van der Waals surface area (Å²) >= 11 is 9.34. The van der Waals surface area contributed by atoms with Gasteiger partial charge in [0.25, 0.3) is 0 Å². The van der Waals surface area contributed by atoms with Gasteiger partial charge in [0.2, 0.25) is 0 Å². The summed E-state index contributed by atoms with van der Waals surface area (Å²) < 4.78 is 17.0. The van der Waals surface area contributed by atoms with Crippen molar-refractivity contribution in [3.63, 3.8) is 0 Å². The number of halogens is 2. The third-order valence-electron chi connectivity index (χ3n) is 3.72. The van der Waals surface area contributed by atoms with Gasteiger partial charge in [-0.15, -0.1) is 0 Å². The molecule has 0 fully saturated rings. The van der Waals surface area contributed by atoms with E-state index in [-0.39, 0.29) is 12.3 Å². The molecule has 0 radical (unpaired) electrons. The topological polar surface area (TPSA) is 57.1 Å². The Labute approximate surface area is 172 Å². The normalized spacial score (nSPS) is 12.2. The van der Waals surface area contributed by atoms with Crippen LogP contribution in [-0.4, -0.2) is 39.4 Å². The van der Waals surface area contributed by atoms with E-state index in [0.29, 0.717) is 23.1 Å². The molecular formula is C20H21BrClNO4. The van der Waals surface area contributed by atoms with Crippen LogP contribution in [0.25, 0.3) is 0 Å². The first-order valence-electron chi connectivity index (χ1n) is 8.31. The van der Waals surface area contributed by atoms with E-state index in [4.69, 9.17) is 25.8 Å². The number of Topliss-reactive ketones (excluding diaryl/α,β-unsaturated/α-hetero) is 1. The average molecular weight is 455 g/mol. The van der Waals surface area contributed by atoms with E-state index in [0.717, 1.165) is 15.6 Å². The van der Waals surface area contributed by atoms with E-state index in [1.165, 1.54) is 7.11 Å². The molecule has 0 heterocycles. The van der Waals surface area contributed by atoms with Gasteiger partial charge < -0.3 is 14.2 Å². The summed E-state index contributed by atoms with van der Waals surface area (Å²) in [6.45, 7) is 2.40. The molecule has 5 nitrogen and oxygen atoms in total. The quantitative estimate of drug-likeness (QED) is 0.506. The van der Waals surface area contributed by atoms with Gasteiger partial charge in [-0.1, -0.05) is 23.7 Å². The van der Waals surface area contributed by atoms with Crippen molar-refractivity contribution >= 4 is 39.5 Å². The van der Waals surface area contributed by atoms with Crippen LogP contribution in [0.2, 0.25) is 5.02 Å². The summed E-state index contributed by atoms with van der Waals surface area (Å²) in [7, 11) is 3.08. The van der Waals surface area contributed by atoms with Crippen LogP contribution in [-0.2, 0) is 9.53 Å². The van der Waals surface area contributed by atoms with Crippen LogP contribution in [0.1, 0.15) is 24.2 Å². The molecule has 2 rings (SSSR count). The number of rotatable bonds is 9. The zero-order valence-electron chi connectivity index (χ0n) is 15.4. The molecule has 1 atom stereocenters. The molecule has 0 spiro atoms. The number of carbonyl (C=O) groups is 1.